The molecule has 2 heteroatoms. The molecule has 1 unspecified atom stereocenters. The van der Waals surface area contributed by atoms with Gasteiger partial charge >= 0.3 is 0 Å². The number of benzene rings is 3. The maximum Gasteiger partial charge on any atom is 0.189 e. The van der Waals surface area contributed by atoms with Crippen molar-refractivity contribution in [1.29, 1.82) is 0 Å². The third kappa shape index (κ3) is 1.78. The fourth-order valence-electron chi connectivity index (χ4n) is 3.31. The van der Waals surface area contributed by atoms with Crippen LogP contribution in [0.3, 0.4) is 0 Å². The lowest BCUT2D eigenvalue weighted by molar-refractivity contribution is 0.111. The summed E-state index contributed by atoms with van der Waals surface area (Å²) in [5, 5.41) is 14.9. The highest BCUT2D eigenvalue weighted by molar-refractivity contribution is 5.85. The van der Waals surface area contributed by atoms with Gasteiger partial charge in [-0.2, -0.15) is 0 Å². The lowest BCUT2D eigenvalue weighted by Crippen LogP contribution is -2.39. The molecule has 0 saturated heterocycles. The number of fused-ring (bicyclic) bond motifs is 3. The monoisotopic (exact) mass is 287 g/mol. The molecule has 3 aromatic carbocycles. The summed E-state index contributed by atoms with van der Waals surface area (Å²) in [6, 6.07) is 24.1. The standard InChI is InChI=1S/C20H17NO/c1-14-8-2-5-11-17(14)20(22)18-12-6-3-9-15(18)16-10-4-7-13-19(16)21-20/h2-13,21-22H,1H3. The molecule has 0 aliphatic carbocycles. The number of hydrogen-bond donors (Lipinski definition) is 2. The number of aryl methyl sites for hydroxylation is 1. The molecule has 1 aliphatic rings. The number of para-hydroxylation sites is 1. The lowest BCUT2D eigenvalue weighted by atomic mass is 9.82. The third-order valence-corrected chi connectivity index (χ3v) is 4.38. The average molecular weight is 287 g/mol. The fourth-order valence-corrected chi connectivity index (χ4v) is 3.31. The molecule has 1 aliphatic heterocycles. The number of aliphatic hydroxyl groups is 1. The minimum Gasteiger partial charge on any atom is -0.363 e. The van der Waals surface area contributed by atoms with E-state index in [-0.39, 0.29) is 0 Å². The lowest BCUT2D eigenvalue weighted by Gasteiger charge is -2.38. The molecule has 108 valence electrons. The van der Waals surface area contributed by atoms with Gasteiger partial charge in [-0.1, -0.05) is 66.7 Å². The smallest absolute Gasteiger partial charge is 0.189 e. The zero-order valence-electron chi connectivity index (χ0n) is 12.4. The van der Waals surface area contributed by atoms with Gasteiger partial charge < -0.3 is 10.4 Å². The number of anilines is 1. The van der Waals surface area contributed by atoms with E-state index in [1.807, 2.05) is 67.6 Å². The molecule has 2 N–H and O–H groups in total. The Hall–Kier alpha value is -2.58. The summed E-state index contributed by atoms with van der Waals surface area (Å²) in [5.74, 6) is 0. The Morgan fingerprint density at radius 3 is 2.09 bits per heavy atom. The van der Waals surface area contributed by atoms with Crippen molar-refractivity contribution in [2.75, 3.05) is 5.32 Å². The van der Waals surface area contributed by atoms with Crippen LogP contribution in [-0.2, 0) is 5.72 Å². The first-order chi connectivity index (χ1) is 10.7. The molecule has 0 bridgehead atoms. The highest BCUT2D eigenvalue weighted by Gasteiger charge is 2.38. The van der Waals surface area contributed by atoms with Gasteiger partial charge in [0.15, 0.2) is 5.72 Å². The molecule has 2 nitrogen and oxygen atoms in total. The molecule has 0 aromatic heterocycles. The summed E-state index contributed by atoms with van der Waals surface area (Å²) in [7, 11) is 0. The molecular formula is C20H17NO. The molecule has 3 aromatic rings. The summed E-state index contributed by atoms with van der Waals surface area (Å²) in [6.07, 6.45) is 0. The van der Waals surface area contributed by atoms with Crippen LogP contribution in [-0.4, -0.2) is 5.11 Å². The van der Waals surface area contributed by atoms with Crippen molar-refractivity contribution in [1.82, 2.24) is 0 Å². The van der Waals surface area contributed by atoms with Crippen molar-refractivity contribution in [2.24, 2.45) is 0 Å². The maximum absolute atomic E-state index is 11.5. The molecule has 0 radical (unpaired) electrons. The summed E-state index contributed by atoms with van der Waals surface area (Å²) in [5.41, 5.74) is 4.77. The van der Waals surface area contributed by atoms with Gasteiger partial charge in [0.1, 0.15) is 0 Å². The van der Waals surface area contributed by atoms with Crippen LogP contribution in [0, 0.1) is 6.92 Å². The Balaban J connectivity index is 2.02. The highest BCUT2D eigenvalue weighted by atomic mass is 16.3. The Morgan fingerprint density at radius 2 is 1.32 bits per heavy atom. The van der Waals surface area contributed by atoms with Crippen LogP contribution in [0.4, 0.5) is 5.69 Å². The van der Waals surface area contributed by atoms with E-state index in [4.69, 9.17) is 0 Å². The zero-order valence-corrected chi connectivity index (χ0v) is 12.4. The molecule has 1 atom stereocenters. The quantitative estimate of drug-likeness (QED) is 0.700. The van der Waals surface area contributed by atoms with Crippen LogP contribution in [0.25, 0.3) is 11.1 Å². The maximum atomic E-state index is 11.5. The molecule has 0 amide bonds. The summed E-state index contributed by atoms with van der Waals surface area (Å²) >= 11 is 0. The van der Waals surface area contributed by atoms with Crippen molar-refractivity contribution in [3.8, 4) is 11.1 Å². The number of nitrogens with one attached hydrogen (secondary N) is 1. The van der Waals surface area contributed by atoms with E-state index in [1.54, 1.807) is 0 Å². The molecule has 1 heterocycles. The largest absolute Gasteiger partial charge is 0.363 e. The van der Waals surface area contributed by atoms with E-state index >= 15 is 0 Å². The second kappa shape index (κ2) is 4.72. The van der Waals surface area contributed by atoms with Crippen LogP contribution in [0.15, 0.2) is 72.8 Å². The normalized spacial score (nSPS) is 19.0. The topological polar surface area (TPSA) is 32.3 Å². The first kappa shape index (κ1) is 13.1. The summed E-state index contributed by atoms with van der Waals surface area (Å²) < 4.78 is 0. The van der Waals surface area contributed by atoms with Gasteiger partial charge in [0.05, 0.1) is 0 Å². The van der Waals surface area contributed by atoms with E-state index < -0.39 is 5.72 Å². The van der Waals surface area contributed by atoms with E-state index in [1.165, 1.54) is 0 Å². The summed E-state index contributed by atoms with van der Waals surface area (Å²) in [4.78, 5) is 0. The Kier molecular flexibility index (Phi) is 2.81. The second-order valence-electron chi connectivity index (χ2n) is 5.74. The second-order valence-corrected chi connectivity index (χ2v) is 5.74. The molecular weight excluding hydrogens is 270 g/mol. The van der Waals surface area contributed by atoms with Gasteiger partial charge in [-0.15, -0.1) is 0 Å². The van der Waals surface area contributed by atoms with E-state index in [0.717, 1.165) is 33.5 Å². The van der Waals surface area contributed by atoms with Crippen molar-refractivity contribution < 1.29 is 5.11 Å². The molecule has 0 fully saturated rings. The SMILES string of the molecule is Cc1ccccc1C1(O)Nc2ccccc2-c2ccccc21. The van der Waals surface area contributed by atoms with E-state index in [0.29, 0.717) is 0 Å². The van der Waals surface area contributed by atoms with Gasteiger partial charge in [-0.3, -0.25) is 0 Å². The molecule has 0 spiro atoms. The van der Waals surface area contributed by atoms with Gasteiger partial charge in [-0.25, -0.2) is 0 Å². The number of rotatable bonds is 1. The molecule has 4 rings (SSSR count). The predicted molar refractivity (Wildman–Crippen MR) is 89.7 cm³/mol. The predicted octanol–water partition coefficient (Wildman–Crippen LogP) is 4.28. The van der Waals surface area contributed by atoms with Crippen molar-refractivity contribution in [3.05, 3.63) is 89.5 Å². The Labute approximate surface area is 130 Å². The summed E-state index contributed by atoms with van der Waals surface area (Å²) in [6.45, 7) is 2.03. The van der Waals surface area contributed by atoms with Gasteiger partial charge in [-0.05, 0) is 24.1 Å². The fraction of sp³-hybridized carbons (Fsp3) is 0.100. The van der Waals surface area contributed by atoms with E-state index in [9.17, 15) is 5.11 Å². The van der Waals surface area contributed by atoms with Crippen molar-refractivity contribution in [3.63, 3.8) is 0 Å². The average Bonchev–Trinajstić information content (AvgIpc) is 2.55. The van der Waals surface area contributed by atoms with Gasteiger partial charge in [0.2, 0.25) is 0 Å². The molecule has 0 saturated carbocycles. The van der Waals surface area contributed by atoms with Gasteiger partial charge in [0.25, 0.3) is 0 Å². The van der Waals surface area contributed by atoms with Crippen molar-refractivity contribution in [2.45, 2.75) is 12.6 Å². The van der Waals surface area contributed by atoms with Crippen LogP contribution < -0.4 is 5.32 Å². The van der Waals surface area contributed by atoms with Crippen molar-refractivity contribution >= 4 is 5.69 Å². The Bertz CT molecular complexity index is 856. The van der Waals surface area contributed by atoms with E-state index in [2.05, 4.69) is 17.4 Å². The van der Waals surface area contributed by atoms with Crippen LogP contribution in [0.5, 0.6) is 0 Å². The van der Waals surface area contributed by atoms with Crippen LogP contribution >= 0.6 is 0 Å². The first-order valence-electron chi connectivity index (χ1n) is 7.46. The minimum absolute atomic E-state index is 0.886. The third-order valence-electron chi connectivity index (χ3n) is 4.38. The molecule has 22 heavy (non-hydrogen) atoms. The minimum atomic E-state index is -1.21. The number of hydrogen-bond acceptors (Lipinski definition) is 2. The Morgan fingerprint density at radius 1 is 0.727 bits per heavy atom. The van der Waals surface area contributed by atoms with Crippen LogP contribution in [0.2, 0.25) is 0 Å². The van der Waals surface area contributed by atoms with Crippen LogP contribution in [0.1, 0.15) is 16.7 Å². The van der Waals surface area contributed by atoms with Gasteiger partial charge in [0, 0.05) is 22.4 Å². The zero-order chi connectivity index (χ0) is 15.2. The highest BCUT2D eigenvalue weighted by Crippen LogP contribution is 2.45. The first-order valence-corrected chi connectivity index (χ1v) is 7.46.